The summed E-state index contributed by atoms with van der Waals surface area (Å²) in [5.41, 5.74) is 4.01. The number of rotatable bonds is 8. The first-order chi connectivity index (χ1) is 14.3. The highest BCUT2D eigenvalue weighted by molar-refractivity contribution is 5.93. The van der Waals surface area contributed by atoms with Crippen molar-refractivity contribution in [3.8, 4) is 5.75 Å². The summed E-state index contributed by atoms with van der Waals surface area (Å²) in [6.45, 7) is 8.51. The quantitative estimate of drug-likeness (QED) is 0.604. The van der Waals surface area contributed by atoms with Gasteiger partial charge in [0.05, 0.1) is 23.9 Å². The lowest BCUT2D eigenvalue weighted by atomic mass is 9.98. The van der Waals surface area contributed by atoms with E-state index in [0.717, 1.165) is 11.3 Å². The zero-order valence-corrected chi connectivity index (χ0v) is 18.1. The molecule has 8 heteroatoms. The number of aromatic amines is 1. The number of nitrogens with one attached hydrogen (secondary N) is 2. The number of H-pyrrole nitrogens is 1. The summed E-state index contributed by atoms with van der Waals surface area (Å²) < 4.78 is 11.8. The van der Waals surface area contributed by atoms with Gasteiger partial charge in [0.2, 0.25) is 0 Å². The van der Waals surface area contributed by atoms with Crippen LogP contribution in [0.25, 0.3) is 0 Å². The van der Waals surface area contributed by atoms with Crippen molar-refractivity contribution in [2.75, 3.05) is 33.4 Å². The molecule has 1 aliphatic heterocycles. The highest BCUT2D eigenvalue weighted by Crippen LogP contribution is 2.23. The van der Waals surface area contributed by atoms with Gasteiger partial charge in [0.15, 0.2) is 0 Å². The lowest BCUT2D eigenvalue weighted by Crippen LogP contribution is -2.56. The second kappa shape index (κ2) is 10.1. The number of likely N-dealkylation sites (N-methyl/N-ethyl adjacent to an activating group) is 1. The van der Waals surface area contributed by atoms with Gasteiger partial charge in [0, 0.05) is 25.9 Å². The number of nitrogens with zero attached hydrogens (tertiary/aromatic N) is 2. The molecule has 0 saturated carbocycles. The van der Waals surface area contributed by atoms with Crippen LogP contribution in [-0.2, 0) is 4.74 Å². The molecule has 1 aliphatic rings. The zero-order valence-electron chi connectivity index (χ0n) is 18.1. The molecule has 2 heterocycles. The molecular formula is C22H32N4O4. The van der Waals surface area contributed by atoms with Crippen LogP contribution in [-0.4, -0.2) is 77.7 Å². The van der Waals surface area contributed by atoms with Gasteiger partial charge in [-0.05, 0) is 57.0 Å². The number of benzene rings is 1. The molecule has 0 bridgehead atoms. The third-order valence-corrected chi connectivity index (χ3v) is 5.62. The molecule has 0 spiro atoms. The van der Waals surface area contributed by atoms with Crippen LogP contribution >= 0.6 is 0 Å². The van der Waals surface area contributed by atoms with E-state index in [2.05, 4.69) is 53.3 Å². The topological polar surface area (TPSA) is 99.7 Å². The van der Waals surface area contributed by atoms with E-state index in [1.54, 1.807) is 0 Å². The summed E-state index contributed by atoms with van der Waals surface area (Å²) in [6, 6.07) is 3.86. The molecule has 0 aliphatic carbocycles. The average Bonchev–Trinajstić information content (AvgIpc) is 3.23. The van der Waals surface area contributed by atoms with Crippen LogP contribution in [0, 0.1) is 20.8 Å². The van der Waals surface area contributed by atoms with Crippen LogP contribution < -0.4 is 10.1 Å². The number of amides is 1. The van der Waals surface area contributed by atoms with Crippen LogP contribution in [0.5, 0.6) is 5.75 Å². The number of aromatic nitrogens is 2. The molecular weight excluding hydrogens is 384 g/mol. The molecule has 3 atom stereocenters. The van der Waals surface area contributed by atoms with Crippen molar-refractivity contribution in [1.82, 2.24) is 20.4 Å². The van der Waals surface area contributed by atoms with Gasteiger partial charge in [0.1, 0.15) is 18.5 Å². The molecule has 1 saturated heterocycles. The van der Waals surface area contributed by atoms with Crippen molar-refractivity contribution in [2.24, 2.45) is 0 Å². The highest BCUT2D eigenvalue weighted by atomic mass is 16.5. The number of aliphatic hydroxyl groups is 1. The summed E-state index contributed by atoms with van der Waals surface area (Å²) >= 11 is 0. The van der Waals surface area contributed by atoms with E-state index in [1.165, 1.54) is 23.5 Å². The first-order valence-corrected chi connectivity index (χ1v) is 10.3. The maximum Gasteiger partial charge on any atom is 0.254 e. The Morgan fingerprint density at radius 1 is 1.40 bits per heavy atom. The summed E-state index contributed by atoms with van der Waals surface area (Å²) in [5.74, 6) is 0.663. The monoisotopic (exact) mass is 416 g/mol. The predicted molar refractivity (Wildman–Crippen MR) is 114 cm³/mol. The smallest absolute Gasteiger partial charge is 0.254 e. The molecule has 1 aromatic heterocycles. The number of carbonyl (C=O) groups excluding carboxylic acids is 1. The van der Waals surface area contributed by atoms with Crippen molar-refractivity contribution in [2.45, 2.75) is 45.4 Å². The molecule has 3 N–H and O–H groups in total. The number of carbonyl (C=O) groups is 1. The minimum atomic E-state index is -0.778. The van der Waals surface area contributed by atoms with Gasteiger partial charge >= 0.3 is 0 Å². The number of hydrogen-bond acceptors (Lipinski definition) is 6. The van der Waals surface area contributed by atoms with Gasteiger partial charge in [-0.1, -0.05) is 6.07 Å². The van der Waals surface area contributed by atoms with Crippen molar-refractivity contribution in [1.29, 1.82) is 0 Å². The molecule has 1 aromatic carbocycles. The van der Waals surface area contributed by atoms with E-state index in [4.69, 9.17) is 9.47 Å². The normalized spacial score (nSPS) is 21.6. The first-order valence-electron chi connectivity index (χ1n) is 10.3. The Morgan fingerprint density at radius 2 is 2.20 bits per heavy atom. The SMILES string of the molecule is Cc1cc(C)c(C)c(OCCN(C)C[C@H]2OCC[C@H](NC(=O)c3cn[nH]c3)[C@@H]2O)c1. The maximum atomic E-state index is 12.2. The summed E-state index contributed by atoms with van der Waals surface area (Å²) in [4.78, 5) is 14.3. The van der Waals surface area contributed by atoms with Crippen molar-refractivity contribution < 1.29 is 19.4 Å². The van der Waals surface area contributed by atoms with Crippen LogP contribution in [0.3, 0.4) is 0 Å². The van der Waals surface area contributed by atoms with Crippen LogP contribution in [0.15, 0.2) is 24.5 Å². The molecule has 164 valence electrons. The fourth-order valence-corrected chi connectivity index (χ4v) is 3.68. The fourth-order valence-electron chi connectivity index (χ4n) is 3.68. The van der Waals surface area contributed by atoms with Gasteiger partial charge < -0.3 is 24.8 Å². The molecule has 30 heavy (non-hydrogen) atoms. The largest absolute Gasteiger partial charge is 0.492 e. The standard InChI is InChI=1S/C22H32N4O4/c1-14-9-15(2)16(3)19(10-14)30-8-6-26(4)13-20-21(27)18(5-7-29-20)25-22(28)17-11-23-24-12-17/h9-12,18,20-21,27H,5-8,13H2,1-4H3,(H,23,24)(H,25,28)/t18-,20+,21-/m0/s1. The molecule has 1 amide bonds. The second-order valence-electron chi connectivity index (χ2n) is 8.07. The van der Waals surface area contributed by atoms with Crippen LogP contribution in [0.4, 0.5) is 0 Å². The van der Waals surface area contributed by atoms with Crippen LogP contribution in [0.2, 0.25) is 0 Å². The minimum Gasteiger partial charge on any atom is -0.492 e. The number of aryl methyl sites for hydroxylation is 2. The number of aliphatic hydroxyl groups excluding tert-OH is 1. The molecule has 0 unspecified atom stereocenters. The molecule has 0 radical (unpaired) electrons. The Bertz CT molecular complexity index is 840. The maximum absolute atomic E-state index is 12.2. The Labute approximate surface area is 177 Å². The molecule has 1 fully saturated rings. The summed E-state index contributed by atoms with van der Waals surface area (Å²) in [6.07, 6.45) is 2.41. The van der Waals surface area contributed by atoms with Crippen molar-refractivity contribution in [3.05, 3.63) is 46.8 Å². The predicted octanol–water partition coefficient (Wildman–Crippen LogP) is 1.59. The first kappa shape index (κ1) is 22.3. The fraction of sp³-hybridized carbons (Fsp3) is 0.545. The van der Waals surface area contributed by atoms with E-state index in [0.29, 0.717) is 38.3 Å². The summed E-state index contributed by atoms with van der Waals surface area (Å²) in [5, 5.41) is 20.0. The number of ether oxygens (including phenoxy) is 2. The van der Waals surface area contributed by atoms with E-state index < -0.39 is 6.10 Å². The van der Waals surface area contributed by atoms with E-state index in [1.807, 2.05) is 7.05 Å². The Hall–Kier alpha value is -2.42. The molecule has 3 rings (SSSR count). The summed E-state index contributed by atoms with van der Waals surface area (Å²) in [7, 11) is 1.97. The minimum absolute atomic E-state index is 0.251. The third-order valence-electron chi connectivity index (χ3n) is 5.62. The average molecular weight is 417 g/mol. The highest BCUT2D eigenvalue weighted by Gasteiger charge is 2.34. The van der Waals surface area contributed by atoms with E-state index in [-0.39, 0.29) is 18.1 Å². The Kier molecular flexibility index (Phi) is 7.47. The lowest BCUT2D eigenvalue weighted by Gasteiger charge is -2.37. The Morgan fingerprint density at radius 3 is 2.93 bits per heavy atom. The van der Waals surface area contributed by atoms with E-state index in [9.17, 15) is 9.90 Å². The van der Waals surface area contributed by atoms with Gasteiger partial charge in [-0.25, -0.2) is 0 Å². The van der Waals surface area contributed by atoms with Gasteiger partial charge in [-0.15, -0.1) is 0 Å². The van der Waals surface area contributed by atoms with Gasteiger partial charge in [-0.3, -0.25) is 9.89 Å². The van der Waals surface area contributed by atoms with Crippen molar-refractivity contribution >= 4 is 5.91 Å². The Balaban J connectivity index is 1.47. The molecule has 2 aromatic rings. The number of hydrogen-bond donors (Lipinski definition) is 3. The van der Waals surface area contributed by atoms with E-state index >= 15 is 0 Å². The van der Waals surface area contributed by atoms with Gasteiger partial charge in [0.25, 0.3) is 5.91 Å². The van der Waals surface area contributed by atoms with Crippen molar-refractivity contribution in [3.63, 3.8) is 0 Å². The zero-order chi connectivity index (χ0) is 21.7. The van der Waals surface area contributed by atoms with Gasteiger partial charge in [-0.2, -0.15) is 5.10 Å². The third kappa shape index (κ3) is 5.59. The second-order valence-corrected chi connectivity index (χ2v) is 8.07. The van der Waals surface area contributed by atoms with Crippen LogP contribution in [0.1, 0.15) is 33.5 Å². The molecule has 8 nitrogen and oxygen atoms in total. The lowest BCUT2D eigenvalue weighted by molar-refractivity contribution is -0.0979.